The molecule has 0 amide bonds. The van der Waals surface area contributed by atoms with E-state index in [-0.39, 0.29) is 0 Å². The minimum atomic E-state index is 0.437. The van der Waals surface area contributed by atoms with E-state index in [9.17, 15) is 0 Å². The minimum Gasteiger partial charge on any atom is -0.290 e. The largest absolute Gasteiger partial charge is 0.290 e. The number of hydrogen-bond donors (Lipinski definition) is 0. The van der Waals surface area contributed by atoms with E-state index in [2.05, 4.69) is 82.5 Å². The van der Waals surface area contributed by atoms with Crippen LogP contribution in [-0.4, -0.2) is 14.1 Å². The molecule has 18 heavy (non-hydrogen) atoms. The van der Waals surface area contributed by atoms with E-state index in [1.165, 1.54) is 16.8 Å². The Morgan fingerprint density at radius 2 is 1.39 bits per heavy atom. The van der Waals surface area contributed by atoms with Crippen LogP contribution < -0.4 is 4.48 Å². The third-order valence-electron chi connectivity index (χ3n) is 3.99. The monoisotopic (exact) mass is 240 g/mol. The van der Waals surface area contributed by atoms with Gasteiger partial charge in [0.05, 0.1) is 14.1 Å². The van der Waals surface area contributed by atoms with Crippen LogP contribution in [0, 0.1) is 6.92 Å². The van der Waals surface area contributed by atoms with E-state index in [0.717, 1.165) is 4.48 Å². The summed E-state index contributed by atoms with van der Waals surface area (Å²) < 4.78 is 0.872. The van der Waals surface area contributed by atoms with Gasteiger partial charge >= 0.3 is 0 Å². The molecular weight excluding hydrogens is 218 g/mol. The van der Waals surface area contributed by atoms with Gasteiger partial charge in [0, 0.05) is 11.1 Å². The maximum Gasteiger partial charge on any atom is 0.135 e. The SMILES string of the molecule is Cc1ccccc1[N+](C)(C)C(C)c1ccccc1. The summed E-state index contributed by atoms with van der Waals surface area (Å²) in [5.74, 6) is 0. The molecule has 1 unspecified atom stereocenters. The highest BCUT2D eigenvalue weighted by Gasteiger charge is 2.29. The maximum atomic E-state index is 2.29. The van der Waals surface area contributed by atoms with Crippen molar-refractivity contribution in [3.05, 3.63) is 65.7 Å². The van der Waals surface area contributed by atoms with E-state index in [0.29, 0.717) is 6.04 Å². The van der Waals surface area contributed by atoms with Crippen LogP contribution in [0.15, 0.2) is 54.6 Å². The molecule has 0 aliphatic carbocycles. The van der Waals surface area contributed by atoms with Crippen LogP contribution in [0.4, 0.5) is 5.69 Å². The minimum absolute atomic E-state index is 0.437. The third kappa shape index (κ3) is 2.32. The first-order chi connectivity index (χ1) is 8.53. The average Bonchev–Trinajstić information content (AvgIpc) is 2.39. The second-order valence-electron chi connectivity index (χ2n) is 5.41. The fourth-order valence-electron chi connectivity index (χ4n) is 2.52. The molecule has 2 rings (SSSR count). The number of quaternary nitrogens is 1. The first-order valence-electron chi connectivity index (χ1n) is 6.48. The number of aryl methyl sites for hydroxylation is 1. The molecule has 0 N–H and O–H groups in total. The lowest BCUT2D eigenvalue weighted by Gasteiger charge is -2.37. The van der Waals surface area contributed by atoms with Crippen molar-refractivity contribution in [2.45, 2.75) is 19.9 Å². The van der Waals surface area contributed by atoms with Crippen molar-refractivity contribution in [2.75, 3.05) is 14.1 Å². The molecule has 0 aromatic heterocycles. The summed E-state index contributed by atoms with van der Waals surface area (Å²) in [6.45, 7) is 4.48. The Morgan fingerprint density at radius 3 is 2.00 bits per heavy atom. The maximum absolute atomic E-state index is 2.29. The van der Waals surface area contributed by atoms with Gasteiger partial charge in [0.15, 0.2) is 0 Å². The van der Waals surface area contributed by atoms with Crippen molar-refractivity contribution in [1.82, 2.24) is 4.48 Å². The molecule has 1 atom stereocenters. The zero-order chi connectivity index (χ0) is 13.2. The number of hydrogen-bond acceptors (Lipinski definition) is 0. The van der Waals surface area contributed by atoms with Gasteiger partial charge in [-0.05, 0) is 19.9 Å². The van der Waals surface area contributed by atoms with Crippen molar-refractivity contribution in [3.8, 4) is 0 Å². The molecule has 1 nitrogen and oxygen atoms in total. The summed E-state index contributed by atoms with van der Waals surface area (Å²) in [6, 6.07) is 19.8. The molecule has 0 spiro atoms. The summed E-state index contributed by atoms with van der Waals surface area (Å²) in [5, 5.41) is 0. The Labute approximate surface area is 110 Å². The van der Waals surface area contributed by atoms with Gasteiger partial charge in [0.2, 0.25) is 0 Å². The summed E-state index contributed by atoms with van der Waals surface area (Å²) >= 11 is 0. The molecular formula is C17H22N+. The van der Waals surface area contributed by atoms with Gasteiger partial charge < -0.3 is 0 Å². The van der Waals surface area contributed by atoms with Crippen molar-refractivity contribution in [2.24, 2.45) is 0 Å². The van der Waals surface area contributed by atoms with E-state index >= 15 is 0 Å². The molecule has 0 saturated carbocycles. The lowest BCUT2D eigenvalue weighted by Crippen LogP contribution is -2.43. The van der Waals surface area contributed by atoms with E-state index in [1.54, 1.807) is 0 Å². The Bertz CT molecular complexity index is 514. The van der Waals surface area contributed by atoms with Crippen LogP contribution in [0.3, 0.4) is 0 Å². The van der Waals surface area contributed by atoms with E-state index in [4.69, 9.17) is 0 Å². The van der Waals surface area contributed by atoms with Crippen LogP contribution in [0.25, 0.3) is 0 Å². The second-order valence-corrected chi connectivity index (χ2v) is 5.41. The molecule has 2 aromatic carbocycles. The number of benzene rings is 2. The molecule has 0 heterocycles. The van der Waals surface area contributed by atoms with E-state index < -0.39 is 0 Å². The van der Waals surface area contributed by atoms with Crippen LogP contribution in [0.1, 0.15) is 24.1 Å². The number of para-hydroxylation sites is 1. The van der Waals surface area contributed by atoms with E-state index in [1.807, 2.05) is 0 Å². The Kier molecular flexibility index (Phi) is 3.53. The summed E-state index contributed by atoms with van der Waals surface area (Å²) in [7, 11) is 4.56. The van der Waals surface area contributed by atoms with Gasteiger partial charge in [-0.25, -0.2) is 0 Å². The van der Waals surface area contributed by atoms with Gasteiger partial charge in [0.25, 0.3) is 0 Å². The highest BCUT2D eigenvalue weighted by molar-refractivity contribution is 5.50. The summed E-state index contributed by atoms with van der Waals surface area (Å²) in [6.07, 6.45) is 0. The van der Waals surface area contributed by atoms with Crippen LogP contribution in [0.5, 0.6) is 0 Å². The zero-order valence-electron chi connectivity index (χ0n) is 11.7. The molecule has 2 aromatic rings. The van der Waals surface area contributed by atoms with Gasteiger partial charge in [0.1, 0.15) is 11.7 Å². The molecule has 0 radical (unpaired) electrons. The lowest BCUT2D eigenvalue weighted by atomic mass is 10.0. The Balaban J connectivity index is 2.40. The molecule has 94 valence electrons. The van der Waals surface area contributed by atoms with Gasteiger partial charge in [-0.15, -0.1) is 0 Å². The Morgan fingerprint density at radius 1 is 0.833 bits per heavy atom. The van der Waals surface area contributed by atoms with Crippen molar-refractivity contribution in [3.63, 3.8) is 0 Å². The fraction of sp³-hybridized carbons (Fsp3) is 0.294. The van der Waals surface area contributed by atoms with Gasteiger partial charge in [-0.1, -0.05) is 48.5 Å². The Hall–Kier alpha value is -1.60. The molecule has 0 aliphatic heterocycles. The zero-order valence-corrected chi connectivity index (χ0v) is 11.7. The van der Waals surface area contributed by atoms with Crippen LogP contribution >= 0.6 is 0 Å². The summed E-state index contributed by atoms with van der Waals surface area (Å²) in [5.41, 5.74) is 4.12. The molecule has 0 bridgehead atoms. The first-order valence-corrected chi connectivity index (χ1v) is 6.48. The number of nitrogens with zero attached hydrogens (tertiary/aromatic N) is 1. The average molecular weight is 240 g/mol. The van der Waals surface area contributed by atoms with Crippen molar-refractivity contribution in [1.29, 1.82) is 0 Å². The third-order valence-corrected chi connectivity index (χ3v) is 3.99. The van der Waals surface area contributed by atoms with Gasteiger partial charge in [-0.3, -0.25) is 4.48 Å². The second kappa shape index (κ2) is 4.95. The standard InChI is InChI=1S/C17H22N/c1-14-10-8-9-13-17(14)18(3,4)15(2)16-11-6-5-7-12-16/h5-13,15H,1-4H3/q+1. The number of rotatable bonds is 3. The van der Waals surface area contributed by atoms with Crippen molar-refractivity contribution >= 4 is 5.69 Å². The smallest absolute Gasteiger partial charge is 0.135 e. The molecule has 1 heteroatoms. The first kappa shape index (κ1) is 12.8. The highest BCUT2D eigenvalue weighted by Crippen LogP contribution is 2.33. The molecule has 0 saturated heterocycles. The predicted octanol–water partition coefficient (Wildman–Crippen LogP) is 4.32. The lowest BCUT2D eigenvalue weighted by molar-refractivity contribution is 0.315. The van der Waals surface area contributed by atoms with Crippen LogP contribution in [0.2, 0.25) is 0 Å². The quantitative estimate of drug-likeness (QED) is 0.701. The van der Waals surface area contributed by atoms with Crippen LogP contribution in [-0.2, 0) is 0 Å². The molecule has 0 fully saturated rings. The molecule has 0 aliphatic rings. The fourth-order valence-corrected chi connectivity index (χ4v) is 2.52. The summed E-state index contributed by atoms with van der Waals surface area (Å²) in [4.78, 5) is 0. The predicted molar refractivity (Wildman–Crippen MR) is 79.7 cm³/mol. The van der Waals surface area contributed by atoms with Crippen molar-refractivity contribution < 1.29 is 0 Å². The highest BCUT2D eigenvalue weighted by atomic mass is 15.3. The normalized spacial score (nSPS) is 13.3. The van der Waals surface area contributed by atoms with Gasteiger partial charge in [-0.2, -0.15) is 0 Å². The topological polar surface area (TPSA) is 0 Å².